The van der Waals surface area contributed by atoms with Crippen LogP contribution in [0.1, 0.15) is 28.8 Å². The van der Waals surface area contributed by atoms with Crippen LogP contribution in [0, 0.1) is 6.92 Å². The monoisotopic (exact) mass is 352 g/mol. The first-order chi connectivity index (χ1) is 11.1. The Morgan fingerprint density at radius 1 is 1.22 bits per heavy atom. The Hall–Kier alpha value is -1.20. The number of hydrogen-bond donors (Lipinski definition) is 0. The molecule has 2 saturated heterocycles. The molecule has 0 unspecified atom stereocenters. The second-order valence-corrected chi connectivity index (χ2v) is 7.80. The van der Waals surface area contributed by atoms with Gasteiger partial charge in [0.05, 0.1) is 4.87 Å². The molecular formula is C17H21ClN2O2S. The smallest absolute Gasteiger partial charge is 0.255 e. The first-order valence-electron chi connectivity index (χ1n) is 7.93. The molecule has 23 heavy (non-hydrogen) atoms. The zero-order valence-corrected chi connectivity index (χ0v) is 14.8. The van der Waals surface area contributed by atoms with Gasteiger partial charge in [-0.2, -0.15) is 0 Å². The van der Waals surface area contributed by atoms with Crippen molar-refractivity contribution in [3.8, 4) is 0 Å². The van der Waals surface area contributed by atoms with E-state index in [1.807, 2.05) is 52.8 Å². The Balaban J connectivity index is 1.77. The number of aryl methyl sites for hydroxylation is 1. The number of carbonyl (C=O) groups is 2. The summed E-state index contributed by atoms with van der Waals surface area (Å²) in [6.45, 7) is 4.11. The van der Waals surface area contributed by atoms with Gasteiger partial charge in [-0.15, -0.1) is 23.4 Å². The maximum Gasteiger partial charge on any atom is 0.255 e. The molecule has 0 saturated carbocycles. The Morgan fingerprint density at radius 2 is 1.91 bits per heavy atom. The third-order valence-electron chi connectivity index (χ3n) is 4.81. The van der Waals surface area contributed by atoms with Gasteiger partial charge < -0.3 is 9.80 Å². The van der Waals surface area contributed by atoms with Crippen LogP contribution in [0.3, 0.4) is 0 Å². The van der Waals surface area contributed by atoms with Gasteiger partial charge in [0.15, 0.2) is 0 Å². The Labute approximate surface area is 146 Å². The lowest BCUT2D eigenvalue weighted by molar-refractivity contribution is -0.130. The molecule has 0 bridgehead atoms. The zero-order chi connectivity index (χ0) is 16.4. The fourth-order valence-electron chi connectivity index (χ4n) is 3.46. The number of benzene rings is 1. The van der Waals surface area contributed by atoms with Crippen molar-refractivity contribution in [3.63, 3.8) is 0 Å². The summed E-state index contributed by atoms with van der Waals surface area (Å²) < 4.78 is 0. The molecule has 0 aromatic heterocycles. The van der Waals surface area contributed by atoms with Crippen molar-refractivity contribution in [2.45, 2.75) is 24.6 Å². The molecule has 2 heterocycles. The van der Waals surface area contributed by atoms with Crippen molar-refractivity contribution in [2.24, 2.45) is 0 Å². The topological polar surface area (TPSA) is 40.6 Å². The van der Waals surface area contributed by atoms with E-state index in [9.17, 15) is 9.59 Å². The molecular weight excluding hydrogens is 332 g/mol. The number of amides is 2. The molecule has 1 aromatic carbocycles. The van der Waals surface area contributed by atoms with E-state index in [2.05, 4.69) is 0 Å². The highest BCUT2D eigenvalue weighted by atomic mass is 35.5. The SMILES string of the molecule is Cc1ccccc1C(=O)N1CCSC12CCN(C(=O)CCl)CC2. The van der Waals surface area contributed by atoms with E-state index >= 15 is 0 Å². The predicted octanol–water partition coefficient (Wildman–Crippen LogP) is 2.74. The highest BCUT2D eigenvalue weighted by Gasteiger charge is 2.47. The average Bonchev–Trinajstić information content (AvgIpc) is 2.98. The molecule has 4 nitrogen and oxygen atoms in total. The normalized spacial score (nSPS) is 20.1. The summed E-state index contributed by atoms with van der Waals surface area (Å²) in [4.78, 5) is 28.5. The van der Waals surface area contributed by atoms with Crippen LogP contribution in [0.15, 0.2) is 24.3 Å². The van der Waals surface area contributed by atoms with Gasteiger partial charge in [-0.1, -0.05) is 18.2 Å². The van der Waals surface area contributed by atoms with Crippen LogP contribution in [-0.2, 0) is 4.79 Å². The average molecular weight is 353 g/mol. The first kappa shape index (κ1) is 16.7. The molecule has 0 aliphatic carbocycles. The Kier molecular flexibility index (Phi) is 4.87. The zero-order valence-electron chi connectivity index (χ0n) is 13.3. The van der Waals surface area contributed by atoms with E-state index < -0.39 is 0 Å². The molecule has 0 N–H and O–H groups in total. The van der Waals surface area contributed by atoms with Crippen molar-refractivity contribution in [1.82, 2.24) is 9.80 Å². The van der Waals surface area contributed by atoms with Crippen LogP contribution in [0.5, 0.6) is 0 Å². The molecule has 0 radical (unpaired) electrons. The quantitative estimate of drug-likeness (QED) is 0.768. The van der Waals surface area contributed by atoms with Gasteiger partial charge in [0.25, 0.3) is 5.91 Å². The van der Waals surface area contributed by atoms with Gasteiger partial charge in [-0.3, -0.25) is 9.59 Å². The van der Waals surface area contributed by atoms with Crippen LogP contribution in [0.4, 0.5) is 0 Å². The van der Waals surface area contributed by atoms with Crippen LogP contribution < -0.4 is 0 Å². The summed E-state index contributed by atoms with van der Waals surface area (Å²) in [5.74, 6) is 1.10. The number of alkyl halides is 1. The highest BCUT2D eigenvalue weighted by molar-refractivity contribution is 8.00. The first-order valence-corrected chi connectivity index (χ1v) is 9.45. The number of likely N-dealkylation sites (tertiary alicyclic amines) is 1. The van der Waals surface area contributed by atoms with Gasteiger partial charge in [-0.25, -0.2) is 0 Å². The molecule has 2 aliphatic heterocycles. The maximum absolute atomic E-state index is 13.0. The van der Waals surface area contributed by atoms with Crippen molar-refractivity contribution in [3.05, 3.63) is 35.4 Å². The van der Waals surface area contributed by atoms with E-state index in [0.29, 0.717) is 13.1 Å². The van der Waals surface area contributed by atoms with E-state index in [0.717, 1.165) is 36.3 Å². The minimum atomic E-state index is -0.164. The summed E-state index contributed by atoms with van der Waals surface area (Å²) >= 11 is 7.51. The summed E-state index contributed by atoms with van der Waals surface area (Å²) in [6.07, 6.45) is 1.63. The van der Waals surface area contributed by atoms with Crippen LogP contribution in [-0.4, -0.2) is 57.8 Å². The molecule has 0 atom stereocenters. The summed E-state index contributed by atoms with van der Waals surface area (Å²) in [6, 6.07) is 7.75. The fourth-order valence-corrected chi connectivity index (χ4v) is 5.08. The second-order valence-electron chi connectivity index (χ2n) is 6.08. The Morgan fingerprint density at radius 3 is 2.57 bits per heavy atom. The van der Waals surface area contributed by atoms with Gasteiger partial charge >= 0.3 is 0 Å². The van der Waals surface area contributed by atoms with Crippen LogP contribution >= 0.6 is 23.4 Å². The predicted molar refractivity (Wildman–Crippen MR) is 93.9 cm³/mol. The van der Waals surface area contributed by atoms with Crippen molar-refractivity contribution in [2.75, 3.05) is 31.3 Å². The van der Waals surface area contributed by atoms with Gasteiger partial charge in [-0.05, 0) is 31.4 Å². The molecule has 2 fully saturated rings. The lowest BCUT2D eigenvalue weighted by Crippen LogP contribution is -2.53. The van der Waals surface area contributed by atoms with Gasteiger partial charge in [0, 0.05) is 31.0 Å². The van der Waals surface area contributed by atoms with E-state index in [1.54, 1.807) is 0 Å². The minimum absolute atomic E-state index is 0.0127. The Bertz CT molecular complexity index is 614. The summed E-state index contributed by atoms with van der Waals surface area (Å²) in [5.41, 5.74) is 1.80. The maximum atomic E-state index is 13.0. The highest BCUT2D eigenvalue weighted by Crippen LogP contribution is 2.44. The van der Waals surface area contributed by atoms with E-state index in [4.69, 9.17) is 11.6 Å². The number of halogens is 1. The van der Waals surface area contributed by atoms with Crippen molar-refractivity contribution < 1.29 is 9.59 Å². The molecule has 2 aliphatic rings. The second kappa shape index (κ2) is 6.73. The standard InChI is InChI=1S/C17H21ClN2O2S/c1-13-4-2-3-5-14(13)16(22)20-10-11-23-17(20)6-8-19(9-7-17)15(21)12-18/h2-5H,6-12H2,1H3. The molecule has 3 rings (SSSR count). The summed E-state index contributed by atoms with van der Waals surface area (Å²) in [5, 5.41) is 0. The number of piperidine rings is 1. The molecule has 1 aromatic rings. The lowest BCUT2D eigenvalue weighted by atomic mass is 10.00. The number of nitrogens with zero attached hydrogens (tertiary/aromatic N) is 2. The van der Waals surface area contributed by atoms with Gasteiger partial charge in [0.2, 0.25) is 5.91 Å². The van der Waals surface area contributed by atoms with E-state index in [-0.39, 0.29) is 22.6 Å². The number of rotatable bonds is 2. The third kappa shape index (κ3) is 3.09. The van der Waals surface area contributed by atoms with Crippen molar-refractivity contribution in [1.29, 1.82) is 0 Å². The molecule has 124 valence electrons. The fraction of sp³-hybridized carbons (Fsp3) is 0.529. The van der Waals surface area contributed by atoms with Crippen molar-refractivity contribution >= 4 is 35.2 Å². The van der Waals surface area contributed by atoms with Gasteiger partial charge in [0.1, 0.15) is 5.88 Å². The van der Waals surface area contributed by atoms with Crippen LogP contribution in [0.25, 0.3) is 0 Å². The number of thioether (sulfide) groups is 1. The third-order valence-corrected chi connectivity index (χ3v) is 6.59. The van der Waals surface area contributed by atoms with Crippen LogP contribution in [0.2, 0.25) is 0 Å². The minimum Gasteiger partial charge on any atom is -0.341 e. The molecule has 1 spiro atoms. The lowest BCUT2D eigenvalue weighted by Gasteiger charge is -2.44. The largest absolute Gasteiger partial charge is 0.341 e. The number of hydrogen-bond acceptors (Lipinski definition) is 3. The van der Waals surface area contributed by atoms with E-state index in [1.165, 1.54) is 0 Å². The number of carbonyl (C=O) groups excluding carboxylic acids is 2. The molecule has 6 heteroatoms. The summed E-state index contributed by atoms with van der Waals surface area (Å²) in [7, 11) is 0. The molecule has 2 amide bonds.